The lowest BCUT2D eigenvalue weighted by molar-refractivity contribution is 0.102. The molecular formula is C20H26N6O3. The summed E-state index contributed by atoms with van der Waals surface area (Å²) < 4.78 is 6.27. The summed E-state index contributed by atoms with van der Waals surface area (Å²) in [5.74, 6) is 0.143. The van der Waals surface area contributed by atoms with Crippen molar-refractivity contribution < 1.29 is 14.3 Å². The van der Waals surface area contributed by atoms with E-state index in [2.05, 4.69) is 32.6 Å². The van der Waals surface area contributed by atoms with E-state index in [0.717, 1.165) is 43.1 Å². The largest absolute Gasteiger partial charge is 0.448 e. The minimum Gasteiger partial charge on any atom is -0.448 e. The van der Waals surface area contributed by atoms with Crippen molar-refractivity contribution in [3.05, 3.63) is 41.1 Å². The number of nitrogens with zero attached hydrogens (tertiary/aromatic N) is 4. The van der Waals surface area contributed by atoms with Gasteiger partial charge in [-0.05, 0) is 38.2 Å². The summed E-state index contributed by atoms with van der Waals surface area (Å²) in [5, 5.41) is 10.3. The molecule has 3 heterocycles. The van der Waals surface area contributed by atoms with Gasteiger partial charge in [0.1, 0.15) is 0 Å². The van der Waals surface area contributed by atoms with Crippen LogP contribution in [-0.2, 0) is 17.8 Å². The molecule has 0 atom stereocenters. The highest BCUT2D eigenvalue weighted by Crippen LogP contribution is 2.25. The van der Waals surface area contributed by atoms with Crippen LogP contribution in [0.1, 0.15) is 28.5 Å². The molecule has 0 aliphatic carbocycles. The van der Waals surface area contributed by atoms with Crippen LogP contribution in [0.2, 0.25) is 0 Å². The molecular weight excluding hydrogens is 372 g/mol. The zero-order valence-electron chi connectivity index (χ0n) is 16.8. The molecule has 154 valence electrons. The van der Waals surface area contributed by atoms with E-state index in [1.807, 2.05) is 24.3 Å². The number of amides is 1. The van der Waals surface area contributed by atoms with Crippen molar-refractivity contribution in [3.8, 4) is 0 Å². The van der Waals surface area contributed by atoms with Gasteiger partial charge in [0.2, 0.25) is 0 Å². The van der Waals surface area contributed by atoms with Crippen molar-refractivity contribution in [2.75, 3.05) is 50.1 Å². The maximum Gasteiger partial charge on any atom is 0.435 e. The number of hydrogen-bond acceptors (Lipinski definition) is 7. The number of ether oxygens (including phenoxy) is 1. The van der Waals surface area contributed by atoms with Crippen molar-refractivity contribution >= 4 is 23.5 Å². The first-order valence-corrected chi connectivity index (χ1v) is 9.90. The van der Waals surface area contributed by atoms with Crippen molar-refractivity contribution in [2.24, 2.45) is 0 Å². The molecule has 0 unspecified atom stereocenters. The first kappa shape index (κ1) is 19.4. The maximum absolute atomic E-state index is 12.7. The van der Waals surface area contributed by atoms with Gasteiger partial charge in [-0.3, -0.25) is 4.79 Å². The number of likely N-dealkylation sites (N-methyl/N-ethyl adjacent to an activating group) is 1. The maximum atomic E-state index is 12.7. The normalized spacial score (nSPS) is 16.6. The average molecular weight is 398 g/mol. The fraction of sp³-hybridized carbons (Fsp3) is 0.450. The van der Waals surface area contributed by atoms with Gasteiger partial charge in [0.15, 0.2) is 5.82 Å². The third-order valence-electron chi connectivity index (χ3n) is 5.35. The summed E-state index contributed by atoms with van der Waals surface area (Å²) in [6.45, 7) is 7.09. The van der Waals surface area contributed by atoms with E-state index in [1.54, 1.807) is 6.92 Å². The van der Waals surface area contributed by atoms with E-state index in [0.29, 0.717) is 24.5 Å². The predicted molar refractivity (Wildman–Crippen MR) is 109 cm³/mol. The lowest BCUT2D eigenvalue weighted by Crippen LogP contribution is -2.44. The lowest BCUT2D eigenvalue weighted by Gasteiger charge is -2.34. The molecule has 0 bridgehead atoms. The SMILES string of the molecule is CCOC(=O)n1nc(NC(=O)c2ccc(N3CCN(C)CC3)cc2)c2c1CNC2. The number of carbonyl (C=O) groups is 2. The van der Waals surface area contributed by atoms with Crippen LogP contribution in [-0.4, -0.2) is 66.5 Å². The summed E-state index contributed by atoms with van der Waals surface area (Å²) in [7, 11) is 2.13. The fourth-order valence-electron chi connectivity index (χ4n) is 3.66. The van der Waals surface area contributed by atoms with Crippen LogP contribution in [0.25, 0.3) is 0 Å². The quantitative estimate of drug-likeness (QED) is 0.806. The van der Waals surface area contributed by atoms with E-state index in [-0.39, 0.29) is 12.5 Å². The summed E-state index contributed by atoms with van der Waals surface area (Å²) >= 11 is 0. The Labute approximate surface area is 169 Å². The molecule has 2 aliphatic heterocycles. The van der Waals surface area contributed by atoms with Gasteiger partial charge in [-0.25, -0.2) is 4.79 Å². The minimum atomic E-state index is -0.538. The zero-order valence-corrected chi connectivity index (χ0v) is 16.8. The number of carbonyl (C=O) groups excluding carboxylic acids is 2. The van der Waals surface area contributed by atoms with Gasteiger partial charge in [-0.1, -0.05) is 0 Å². The van der Waals surface area contributed by atoms with E-state index in [4.69, 9.17) is 4.74 Å². The smallest absolute Gasteiger partial charge is 0.435 e. The monoisotopic (exact) mass is 398 g/mol. The second kappa shape index (κ2) is 8.22. The number of piperazine rings is 1. The zero-order chi connectivity index (χ0) is 20.4. The molecule has 2 aromatic rings. The van der Waals surface area contributed by atoms with Crippen LogP contribution < -0.4 is 15.5 Å². The molecule has 9 heteroatoms. The molecule has 2 aliphatic rings. The first-order valence-electron chi connectivity index (χ1n) is 9.90. The van der Waals surface area contributed by atoms with Crippen LogP contribution in [0.5, 0.6) is 0 Å². The van der Waals surface area contributed by atoms with E-state index >= 15 is 0 Å². The molecule has 1 aromatic heterocycles. The lowest BCUT2D eigenvalue weighted by atomic mass is 10.1. The van der Waals surface area contributed by atoms with Crippen molar-refractivity contribution in [1.82, 2.24) is 20.0 Å². The Hall–Kier alpha value is -2.91. The van der Waals surface area contributed by atoms with E-state index in [1.165, 1.54) is 4.68 Å². The molecule has 0 saturated carbocycles. The highest BCUT2D eigenvalue weighted by molar-refractivity contribution is 6.04. The van der Waals surface area contributed by atoms with Gasteiger partial charge in [0.25, 0.3) is 5.91 Å². The Bertz CT molecular complexity index is 900. The standard InChI is InChI=1S/C20H26N6O3/c1-3-29-20(28)26-17-13-21-12-16(17)18(23-26)22-19(27)14-4-6-15(7-5-14)25-10-8-24(2)9-11-25/h4-7,21H,3,8-13H2,1-2H3,(H,22,23,27). The molecule has 9 nitrogen and oxygen atoms in total. The number of rotatable bonds is 4. The molecule has 1 fully saturated rings. The second-order valence-electron chi connectivity index (χ2n) is 7.28. The Morgan fingerprint density at radius 2 is 1.86 bits per heavy atom. The Morgan fingerprint density at radius 1 is 1.14 bits per heavy atom. The Morgan fingerprint density at radius 3 is 2.55 bits per heavy atom. The van der Waals surface area contributed by atoms with Gasteiger partial charge < -0.3 is 25.2 Å². The van der Waals surface area contributed by atoms with Gasteiger partial charge in [0.05, 0.1) is 12.3 Å². The van der Waals surface area contributed by atoms with Crippen molar-refractivity contribution in [3.63, 3.8) is 0 Å². The van der Waals surface area contributed by atoms with Crippen LogP contribution in [0, 0.1) is 0 Å². The highest BCUT2D eigenvalue weighted by Gasteiger charge is 2.27. The van der Waals surface area contributed by atoms with Crippen LogP contribution in [0.4, 0.5) is 16.3 Å². The van der Waals surface area contributed by atoms with Crippen LogP contribution in [0.3, 0.4) is 0 Å². The molecule has 1 aromatic carbocycles. The number of benzene rings is 1. The molecule has 1 saturated heterocycles. The first-order chi connectivity index (χ1) is 14.1. The number of anilines is 2. The molecule has 29 heavy (non-hydrogen) atoms. The van der Waals surface area contributed by atoms with Gasteiger partial charge in [-0.2, -0.15) is 4.68 Å². The Kier molecular flexibility index (Phi) is 5.50. The van der Waals surface area contributed by atoms with Crippen molar-refractivity contribution in [2.45, 2.75) is 20.0 Å². The summed E-state index contributed by atoms with van der Waals surface area (Å²) in [6.07, 6.45) is -0.538. The number of fused-ring (bicyclic) bond motifs is 1. The molecule has 2 N–H and O–H groups in total. The van der Waals surface area contributed by atoms with Gasteiger partial charge in [0, 0.05) is 56.1 Å². The summed E-state index contributed by atoms with van der Waals surface area (Å²) in [5.41, 5.74) is 3.21. The van der Waals surface area contributed by atoms with Crippen molar-refractivity contribution in [1.29, 1.82) is 0 Å². The third kappa shape index (κ3) is 3.96. The molecule has 1 amide bonds. The molecule has 4 rings (SSSR count). The van der Waals surface area contributed by atoms with Gasteiger partial charge in [-0.15, -0.1) is 5.10 Å². The minimum absolute atomic E-state index is 0.252. The number of aromatic nitrogens is 2. The summed E-state index contributed by atoms with van der Waals surface area (Å²) in [4.78, 5) is 29.5. The fourth-order valence-corrected chi connectivity index (χ4v) is 3.66. The third-order valence-corrected chi connectivity index (χ3v) is 5.35. The second-order valence-corrected chi connectivity index (χ2v) is 7.28. The number of nitrogens with one attached hydrogen (secondary N) is 2. The average Bonchev–Trinajstić information content (AvgIpc) is 3.33. The topological polar surface area (TPSA) is 91.7 Å². The molecule has 0 spiro atoms. The molecule has 0 radical (unpaired) electrons. The van der Waals surface area contributed by atoms with E-state index < -0.39 is 6.09 Å². The van der Waals surface area contributed by atoms with Gasteiger partial charge >= 0.3 is 6.09 Å². The van der Waals surface area contributed by atoms with Crippen LogP contribution in [0.15, 0.2) is 24.3 Å². The predicted octanol–water partition coefficient (Wildman–Crippen LogP) is 1.49. The highest BCUT2D eigenvalue weighted by atomic mass is 16.6. The van der Waals surface area contributed by atoms with Crippen LogP contribution >= 0.6 is 0 Å². The van der Waals surface area contributed by atoms with E-state index in [9.17, 15) is 9.59 Å². The Balaban J connectivity index is 1.47. The summed E-state index contributed by atoms with van der Waals surface area (Å²) in [6, 6.07) is 7.60. The number of hydrogen-bond donors (Lipinski definition) is 2.